The van der Waals surface area contributed by atoms with E-state index in [0.717, 1.165) is 25.5 Å². The summed E-state index contributed by atoms with van der Waals surface area (Å²) in [5.41, 5.74) is 0.257. The zero-order valence-electron chi connectivity index (χ0n) is 13.8. The van der Waals surface area contributed by atoms with Crippen LogP contribution < -0.4 is 5.32 Å². The lowest BCUT2D eigenvalue weighted by atomic mass is 9.79. The molecule has 0 radical (unpaired) electrons. The molecule has 1 aromatic rings. The predicted molar refractivity (Wildman–Crippen MR) is 90.4 cm³/mol. The van der Waals surface area contributed by atoms with E-state index in [0.29, 0.717) is 17.5 Å². The number of nitro groups is 1. The summed E-state index contributed by atoms with van der Waals surface area (Å²) in [7, 11) is -3.65. The molecule has 2 atom stereocenters. The van der Waals surface area contributed by atoms with Gasteiger partial charge in [-0.25, -0.2) is 8.42 Å². The van der Waals surface area contributed by atoms with Crippen molar-refractivity contribution in [3.63, 3.8) is 0 Å². The van der Waals surface area contributed by atoms with E-state index in [4.69, 9.17) is 0 Å². The van der Waals surface area contributed by atoms with Crippen LogP contribution in [0.4, 0.5) is 11.4 Å². The first-order valence-corrected chi connectivity index (χ1v) is 9.82. The summed E-state index contributed by atoms with van der Waals surface area (Å²) in [4.78, 5) is 10.1. The SMILES string of the molecule is CC(C)C1CCCC(Nc2ccc([N+](=O)[O-])c(S(C)(=O)=O)c2)C1. The highest BCUT2D eigenvalue weighted by Gasteiger charge is 2.26. The van der Waals surface area contributed by atoms with E-state index in [1.54, 1.807) is 6.07 Å². The molecule has 1 aliphatic rings. The van der Waals surface area contributed by atoms with Crippen molar-refractivity contribution in [3.8, 4) is 0 Å². The predicted octanol–water partition coefficient (Wildman–Crippen LogP) is 3.63. The van der Waals surface area contributed by atoms with E-state index in [2.05, 4.69) is 19.2 Å². The van der Waals surface area contributed by atoms with Gasteiger partial charge in [0.15, 0.2) is 9.84 Å². The summed E-state index contributed by atoms with van der Waals surface area (Å²) in [6, 6.07) is 4.52. The molecule has 0 amide bonds. The van der Waals surface area contributed by atoms with Crippen LogP contribution in [0.2, 0.25) is 0 Å². The fourth-order valence-electron chi connectivity index (χ4n) is 3.25. The lowest BCUT2D eigenvalue weighted by Crippen LogP contribution is -2.29. The fourth-order valence-corrected chi connectivity index (χ4v) is 4.12. The molecule has 2 rings (SSSR count). The summed E-state index contributed by atoms with van der Waals surface area (Å²) in [5.74, 6) is 1.29. The Morgan fingerprint density at radius 3 is 2.57 bits per heavy atom. The monoisotopic (exact) mass is 340 g/mol. The summed E-state index contributed by atoms with van der Waals surface area (Å²) in [6.45, 7) is 4.45. The first-order valence-electron chi connectivity index (χ1n) is 7.93. The molecule has 1 fully saturated rings. The Morgan fingerprint density at radius 1 is 1.30 bits per heavy atom. The third-order valence-electron chi connectivity index (χ3n) is 4.58. The van der Waals surface area contributed by atoms with Crippen molar-refractivity contribution < 1.29 is 13.3 Å². The molecule has 7 heteroatoms. The maximum atomic E-state index is 11.8. The maximum absolute atomic E-state index is 11.8. The summed E-state index contributed by atoms with van der Waals surface area (Å²) >= 11 is 0. The van der Waals surface area contributed by atoms with Gasteiger partial charge in [0.25, 0.3) is 5.69 Å². The largest absolute Gasteiger partial charge is 0.382 e. The molecule has 0 heterocycles. The van der Waals surface area contributed by atoms with Gasteiger partial charge in [-0.3, -0.25) is 10.1 Å². The third kappa shape index (κ3) is 4.43. The van der Waals surface area contributed by atoms with Gasteiger partial charge in [-0.15, -0.1) is 0 Å². The highest BCUT2D eigenvalue weighted by molar-refractivity contribution is 7.90. The second-order valence-electron chi connectivity index (χ2n) is 6.72. The molecule has 2 unspecified atom stereocenters. The molecule has 23 heavy (non-hydrogen) atoms. The molecule has 128 valence electrons. The number of nitro benzene ring substituents is 1. The highest BCUT2D eigenvalue weighted by Crippen LogP contribution is 2.33. The minimum Gasteiger partial charge on any atom is -0.382 e. The minimum atomic E-state index is -3.65. The molecule has 0 aliphatic heterocycles. The number of hydrogen-bond acceptors (Lipinski definition) is 5. The molecule has 0 spiro atoms. The van der Waals surface area contributed by atoms with E-state index in [-0.39, 0.29) is 16.6 Å². The van der Waals surface area contributed by atoms with E-state index in [1.807, 2.05) is 0 Å². The second-order valence-corrected chi connectivity index (χ2v) is 8.71. The van der Waals surface area contributed by atoms with E-state index < -0.39 is 14.8 Å². The van der Waals surface area contributed by atoms with Gasteiger partial charge in [-0.2, -0.15) is 0 Å². The van der Waals surface area contributed by atoms with Crippen LogP contribution in [0, 0.1) is 22.0 Å². The van der Waals surface area contributed by atoms with Crippen LogP contribution >= 0.6 is 0 Å². The van der Waals surface area contributed by atoms with Gasteiger partial charge < -0.3 is 5.32 Å². The summed E-state index contributed by atoms with van der Waals surface area (Å²) in [6.07, 6.45) is 5.45. The molecule has 1 aliphatic carbocycles. The van der Waals surface area contributed by atoms with Crippen molar-refractivity contribution in [3.05, 3.63) is 28.3 Å². The molecular formula is C16H24N2O4S. The molecule has 1 N–H and O–H groups in total. The normalized spacial score (nSPS) is 22.1. The van der Waals surface area contributed by atoms with Crippen molar-refractivity contribution in [2.45, 2.75) is 50.5 Å². The van der Waals surface area contributed by atoms with Gasteiger partial charge >= 0.3 is 0 Å². The maximum Gasteiger partial charge on any atom is 0.288 e. The quantitative estimate of drug-likeness (QED) is 0.653. The third-order valence-corrected chi connectivity index (χ3v) is 5.71. The number of benzene rings is 1. The van der Waals surface area contributed by atoms with E-state index in [1.165, 1.54) is 18.6 Å². The number of nitrogens with one attached hydrogen (secondary N) is 1. The standard InChI is InChI=1S/C16H24N2O4S/c1-11(2)12-5-4-6-13(9-12)17-14-7-8-15(18(19)20)16(10-14)23(3,21)22/h7-8,10-13,17H,4-6,9H2,1-3H3. The average molecular weight is 340 g/mol. The number of hydrogen-bond donors (Lipinski definition) is 1. The molecule has 0 aromatic heterocycles. The Hall–Kier alpha value is -1.63. The van der Waals surface area contributed by atoms with Crippen molar-refractivity contribution in [1.82, 2.24) is 0 Å². The van der Waals surface area contributed by atoms with Crippen LogP contribution in [-0.2, 0) is 9.84 Å². The Morgan fingerprint density at radius 2 is 2.00 bits per heavy atom. The Labute approximate surface area is 137 Å². The lowest BCUT2D eigenvalue weighted by Gasteiger charge is -2.32. The van der Waals surface area contributed by atoms with Crippen LogP contribution in [0.3, 0.4) is 0 Å². The Kier molecular flexibility index (Phi) is 5.29. The summed E-state index contributed by atoms with van der Waals surface area (Å²) in [5, 5.41) is 14.4. The topological polar surface area (TPSA) is 89.3 Å². The van der Waals surface area contributed by atoms with Gasteiger partial charge in [0.05, 0.1) is 4.92 Å². The number of anilines is 1. The molecule has 0 saturated heterocycles. The van der Waals surface area contributed by atoms with Gasteiger partial charge in [0, 0.05) is 24.1 Å². The molecule has 0 bridgehead atoms. The average Bonchev–Trinajstić information content (AvgIpc) is 2.46. The first-order chi connectivity index (χ1) is 10.7. The zero-order chi connectivity index (χ0) is 17.2. The number of nitrogens with zero attached hydrogens (tertiary/aromatic N) is 1. The Bertz CT molecular complexity index is 685. The van der Waals surface area contributed by atoms with Crippen LogP contribution in [0.25, 0.3) is 0 Å². The molecule has 6 nitrogen and oxygen atoms in total. The van der Waals surface area contributed by atoms with Gasteiger partial charge in [0.1, 0.15) is 4.90 Å². The van der Waals surface area contributed by atoms with Crippen molar-refractivity contribution in [2.24, 2.45) is 11.8 Å². The minimum absolute atomic E-state index is 0.233. The molecule has 1 aromatic carbocycles. The van der Waals surface area contributed by atoms with Crippen LogP contribution in [0.5, 0.6) is 0 Å². The number of sulfone groups is 1. The van der Waals surface area contributed by atoms with Crippen LogP contribution in [0.15, 0.2) is 23.1 Å². The highest BCUT2D eigenvalue weighted by atomic mass is 32.2. The lowest BCUT2D eigenvalue weighted by molar-refractivity contribution is -0.387. The van der Waals surface area contributed by atoms with Gasteiger partial charge in [-0.05, 0) is 36.8 Å². The molecule has 1 saturated carbocycles. The first kappa shape index (κ1) is 17.7. The van der Waals surface area contributed by atoms with Crippen LogP contribution in [0.1, 0.15) is 39.5 Å². The van der Waals surface area contributed by atoms with E-state index in [9.17, 15) is 18.5 Å². The molecular weight excluding hydrogens is 316 g/mol. The van der Waals surface area contributed by atoms with E-state index >= 15 is 0 Å². The van der Waals surface area contributed by atoms with Crippen molar-refractivity contribution in [2.75, 3.05) is 11.6 Å². The Balaban J connectivity index is 2.22. The smallest absolute Gasteiger partial charge is 0.288 e. The summed E-state index contributed by atoms with van der Waals surface area (Å²) < 4.78 is 23.6. The van der Waals surface area contributed by atoms with Crippen molar-refractivity contribution >= 4 is 21.2 Å². The van der Waals surface area contributed by atoms with Gasteiger partial charge in [-0.1, -0.05) is 26.7 Å². The zero-order valence-corrected chi connectivity index (χ0v) is 14.6. The van der Waals surface area contributed by atoms with Gasteiger partial charge in [0.2, 0.25) is 0 Å². The second kappa shape index (κ2) is 6.86. The fraction of sp³-hybridized carbons (Fsp3) is 0.625. The number of rotatable bonds is 5. The van der Waals surface area contributed by atoms with Crippen LogP contribution in [-0.4, -0.2) is 25.6 Å². The van der Waals surface area contributed by atoms with Crippen molar-refractivity contribution in [1.29, 1.82) is 0 Å².